The SMILES string of the molecule is CCC1CN(C2CCOC(C)(C)C2)C(C(C)C)CN1. The molecule has 2 fully saturated rings. The highest BCUT2D eigenvalue weighted by Crippen LogP contribution is 2.31. The smallest absolute Gasteiger partial charge is 0.0641 e. The number of nitrogens with zero attached hydrogens (tertiary/aromatic N) is 1. The molecule has 19 heavy (non-hydrogen) atoms. The average molecular weight is 268 g/mol. The standard InChI is InChI=1S/C16H32N2O/c1-6-13-11-18(15(10-17-13)12(2)3)14-7-8-19-16(4,5)9-14/h12-15,17H,6-11H2,1-5H3. The van der Waals surface area contributed by atoms with Gasteiger partial charge in [-0.15, -0.1) is 0 Å². The van der Waals surface area contributed by atoms with Crippen molar-refractivity contribution >= 4 is 0 Å². The van der Waals surface area contributed by atoms with E-state index in [1.165, 1.54) is 25.8 Å². The van der Waals surface area contributed by atoms with Crippen LogP contribution >= 0.6 is 0 Å². The van der Waals surface area contributed by atoms with Gasteiger partial charge in [0.1, 0.15) is 0 Å². The third kappa shape index (κ3) is 3.71. The average Bonchev–Trinajstić information content (AvgIpc) is 2.36. The summed E-state index contributed by atoms with van der Waals surface area (Å²) in [5.41, 5.74) is 0.0526. The Kier molecular flexibility index (Phi) is 4.91. The van der Waals surface area contributed by atoms with Crippen LogP contribution in [0, 0.1) is 5.92 Å². The Bertz CT molecular complexity index is 290. The van der Waals surface area contributed by atoms with Gasteiger partial charge < -0.3 is 10.1 Å². The number of piperazine rings is 1. The summed E-state index contributed by atoms with van der Waals surface area (Å²) < 4.78 is 5.89. The molecule has 0 bridgehead atoms. The lowest BCUT2D eigenvalue weighted by Crippen LogP contribution is -2.62. The Morgan fingerprint density at radius 1 is 1.37 bits per heavy atom. The molecule has 0 aromatic rings. The van der Waals surface area contributed by atoms with Crippen molar-refractivity contribution in [1.29, 1.82) is 0 Å². The first-order valence-corrected chi connectivity index (χ1v) is 8.06. The minimum absolute atomic E-state index is 0.0526. The second kappa shape index (κ2) is 6.11. The molecule has 2 heterocycles. The molecule has 112 valence electrons. The summed E-state index contributed by atoms with van der Waals surface area (Å²) in [7, 11) is 0. The Hall–Kier alpha value is -0.120. The Morgan fingerprint density at radius 2 is 2.11 bits per heavy atom. The number of rotatable bonds is 3. The van der Waals surface area contributed by atoms with E-state index in [4.69, 9.17) is 4.74 Å². The largest absolute Gasteiger partial charge is 0.375 e. The molecule has 2 saturated heterocycles. The lowest BCUT2D eigenvalue weighted by molar-refractivity contribution is -0.0973. The van der Waals surface area contributed by atoms with E-state index in [1.54, 1.807) is 0 Å². The van der Waals surface area contributed by atoms with Crippen molar-refractivity contribution in [3.63, 3.8) is 0 Å². The zero-order chi connectivity index (χ0) is 14.0. The number of nitrogens with one attached hydrogen (secondary N) is 1. The summed E-state index contributed by atoms with van der Waals surface area (Å²) in [6.45, 7) is 14.8. The maximum atomic E-state index is 5.89. The van der Waals surface area contributed by atoms with E-state index in [0.29, 0.717) is 18.1 Å². The number of hydrogen-bond acceptors (Lipinski definition) is 3. The highest BCUT2D eigenvalue weighted by atomic mass is 16.5. The molecule has 0 aromatic heterocycles. The molecule has 2 aliphatic heterocycles. The minimum Gasteiger partial charge on any atom is -0.375 e. The number of ether oxygens (including phenoxy) is 1. The molecule has 0 aliphatic carbocycles. The van der Waals surface area contributed by atoms with Gasteiger partial charge >= 0.3 is 0 Å². The molecule has 0 aromatic carbocycles. The number of hydrogen-bond donors (Lipinski definition) is 1. The van der Waals surface area contributed by atoms with E-state index in [1.807, 2.05) is 0 Å². The van der Waals surface area contributed by atoms with Crippen LogP contribution in [0.3, 0.4) is 0 Å². The van der Waals surface area contributed by atoms with Crippen molar-refractivity contribution in [3.8, 4) is 0 Å². The summed E-state index contributed by atoms with van der Waals surface area (Å²) in [6, 6.07) is 2.05. The molecule has 3 heteroatoms. The van der Waals surface area contributed by atoms with Gasteiger partial charge in [-0.2, -0.15) is 0 Å². The Labute approximate surface area is 119 Å². The normalized spacial score (nSPS) is 36.6. The quantitative estimate of drug-likeness (QED) is 0.851. The first-order valence-electron chi connectivity index (χ1n) is 8.06. The molecular weight excluding hydrogens is 236 g/mol. The van der Waals surface area contributed by atoms with Crippen molar-refractivity contribution in [2.24, 2.45) is 5.92 Å². The van der Waals surface area contributed by atoms with Gasteiger partial charge in [0, 0.05) is 37.8 Å². The zero-order valence-corrected chi connectivity index (χ0v) is 13.4. The van der Waals surface area contributed by atoms with Gasteiger partial charge in [0.15, 0.2) is 0 Å². The van der Waals surface area contributed by atoms with Gasteiger partial charge in [-0.25, -0.2) is 0 Å². The molecule has 0 radical (unpaired) electrons. The molecular formula is C16H32N2O. The third-order valence-electron chi connectivity index (χ3n) is 4.88. The molecule has 0 spiro atoms. The lowest BCUT2D eigenvalue weighted by Gasteiger charge is -2.49. The first kappa shape index (κ1) is 15.3. The van der Waals surface area contributed by atoms with E-state index in [0.717, 1.165) is 19.1 Å². The van der Waals surface area contributed by atoms with Crippen LogP contribution in [0.25, 0.3) is 0 Å². The topological polar surface area (TPSA) is 24.5 Å². The van der Waals surface area contributed by atoms with Crippen LogP contribution in [-0.4, -0.2) is 48.3 Å². The highest BCUT2D eigenvalue weighted by Gasteiger charge is 2.38. The molecule has 2 aliphatic rings. The van der Waals surface area contributed by atoms with Gasteiger partial charge in [-0.3, -0.25) is 4.90 Å². The maximum Gasteiger partial charge on any atom is 0.0641 e. The second-order valence-corrected chi connectivity index (χ2v) is 7.28. The second-order valence-electron chi connectivity index (χ2n) is 7.28. The highest BCUT2D eigenvalue weighted by molar-refractivity contribution is 4.94. The van der Waals surface area contributed by atoms with Crippen LogP contribution < -0.4 is 5.32 Å². The fourth-order valence-corrected chi connectivity index (χ4v) is 3.65. The predicted molar refractivity (Wildman–Crippen MR) is 80.5 cm³/mol. The van der Waals surface area contributed by atoms with Crippen molar-refractivity contribution in [1.82, 2.24) is 10.2 Å². The fourth-order valence-electron chi connectivity index (χ4n) is 3.65. The molecule has 3 unspecified atom stereocenters. The maximum absolute atomic E-state index is 5.89. The van der Waals surface area contributed by atoms with E-state index >= 15 is 0 Å². The van der Waals surface area contributed by atoms with Crippen LogP contribution in [0.15, 0.2) is 0 Å². The molecule has 2 rings (SSSR count). The van der Waals surface area contributed by atoms with Gasteiger partial charge in [-0.1, -0.05) is 20.8 Å². The monoisotopic (exact) mass is 268 g/mol. The van der Waals surface area contributed by atoms with Gasteiger partial charge in [0.05, 0.1) is 5.60 Å². The first-order chi connectivity index (χ1) is 8.93. The Morgan fingerprint density at radius 3 is 2.68 bits per heavy atom. The summed E-state index contributed by atoms with van der Waals surface area (Å²) in [5.74, 6) is 0.719. The Balaban J connectivity index is 2.08. The van der Waals surface area contributed by atoms with Crippen LogP contribution in [-0.2, 0) is 4.74 Å². The summed E-state index contributed by atoms with van der Waals surface area (Å²) in [4.78, 5) is 2.79. The van der Waals surface area contributed by atoms with Crippen LogP contribution in [0.4, 0.5) is 0 Å². The van der Waals surface area contributed by atoms with Crippen LogP contribution in [0.2, 0.25) is 0 Å². The van der Waals surface area contributed by atoms with Gasteiger partial charge in [0.25, 0.3) is 0 Å². The lowest BCUT2D eigenvalue weighted by atomic mass is 9.88. The van der Waals surface area contributed by atoms with Gasteiger partial charge in [-0.05, 0) is 39.0 Å². The third-order valence-corrected chi connectivity index (χ3v) is 4.88. The molecule has 3 atom stereocenters. The zero-order valence-electron chi connectivity index (χ0n) is 13.4. The fraction of sp³-hybridized carbons (Fsp3) is 1.00. The van der Waals surface area contributed by atoms with E-state index in [-0.39, 0.29) is 5.60 Å². The van der Waals surface area contributed by atoms with E-state index in [9.17, 15) is 0 Å². The van der Waals surface area contributed by atoms with Gasteiger partial charge in [0.2, 0.25) is 0 Å². The van der Waals surface area contributed by atoms with E-state index < -0.39 is 0 Å². The molecule has 0 saturated carbocycles. The van der Waals surface area contributed by atoms with Crippen molar-refractivity contribution in [3.05, 3.63) is 0 Å². The molecule has 3 nitrogen and oxygen atoms in total. The predicted octanol–water partition coefficient (Wildman–Crippen LogP) is 2.65. The minimum atomic E-state index is 0.0526. The summed E-state index contributed by atoms with van der Waals surface area (Å²) in [6.07, 6.45) is 3.60. The molecule has 1 N–H and O–H groups in total. The van der Waals surface area contributed by atoms with Crippen LogP contribution in [0.5, 0.6) is 0 Å². The van der Waals surface area contributed by atoms with Crippen molar-refractivity contribution < 1.29 is 4.74 Å². The van der Waals surface area contributed by atoms with Crippen LogP contribution in [0.1, 0.15) is 53.9 Å². The molecule has 0 amide bonds. The summed E-state index contributed by atoms with van der Waals surface area (Å²) >= 11 is 0. The van der Waals surface area contributed by atoms with E-state index in [2.05, 4.69) is 44.8 Å². The van der Waals surface area contributed by atoms with Crippen molar-refractivity contribution in [2.75, 3.05) is 19.7 Å². The summed E-state index contributed by atoms with van der Waals surface area (Å²) in [5, 5.41) is 3.72. The van der Waals surface area contributed by atoms with Crippen molar-refractivity contribution in [2.45, 2.75) is 77.6 Å².